The fraction of sp³-hybridized carbons (Fsp3) is 0.0526. The molecule has 0 amide bonds. The van der Waals surface area contributed by atoms with Crippen LogP contribution in [-0.2, 0) is 5.41 Å². The maximum Gasteiger partial charge on any atom is 0.164 e. The van der Waals surface area contributed by atoms with Crippen LogP contribution in [0.2, 0.25) is 0 Å². The molecule has 298 valence electrons. The number of rotatable bonds is 8. The van der Waals surface area contributed by atoms with Crippen LogP contribution in [0.15, 0.2) is 206 Å². The lowest BCUT2D eigenvalue weighted by atomic mass is 9.81. The molecule has 2 aromatic heterocycles. The van der Waals surface area contributed by atoms with Gasteiger partial charge in [0.2, 0.25) is 0 Å². The standard InChI is InChI=1S/C57H40N6/c1-57(2)49-35-45(37-23-27-43(28-24-37)55-60-51(39-15-7-3-8-16-39)58-52(61-55)40-17-9-4-10-18-40)31-33-47(49)48-34-32-46(36-50(48)57)38-25-29-44(30-26-38)56-62-53(41-19-11-5-12-20-41)59-54(63-56)42-21-13-6-14-22-42/h3-36H,1-2H3. The molecule has 0 bridgehead atoms. The summed E-state index contributed by atoms with van der Waals surface area (Å²) in [6, 6.07) is 71.2. The molecule has 0 unspecified atom stereocenters. The largest absolute Gasteiger partial charge is 0.208 e. The van der Waals surface area contributed by atoms with Gasteiger partial charge in [-0.1, -0.05) is 208 Å². The first-order chi connectivity index (χ1) is 30.9. The summed E-state index contributed by atoms with van der Waals surface area (Å²) in [5.74, 6) is 3.89. The third-order valence-electron chi connectivity index (χ3n) is 12.0. The van der Waals surface area contributed by atoms with Gasteiger partial charge < -0.3 is 0 Å². The third kappa shape index (κ3) is 7.17. The molecule has 0 N–H and O–H groups in total. The molecule has 1 aliphatic carbocycles. The van der Waals surface area contributed by atoms with Crippen LogP contribution in [0.4, 0.5) is 0 Å². The highest BCUT2D eigenvalue weighted by Gasteiger charge is 2.36. The van der Waals surface area contributed by atoms with Gasteiger partial charge in [0.15, 0.2) is 34.9 Å². The van der Waals surface area contributed by atoms with E-state index < -0.39 is 0 Å². The molecule has 6 heteroatoms. The average molecular weight is 809 g/mol. The van der Waals surface area contributed by atoms with Crippen LogP contribution in [0.25, 0.3) is 102 Å². The van der Waals surface area contributed by atoms with E-state index in [4.69, 9.17) is 29.9 Å². The van der Waals surface area contributed by atoms with Gasteiger partial charge in [-0.3, -0.25) is 0 Å². The first-order valence-electron chi connectivity index (χ1n) is 21.2. The molecule has 10 aromatic rings. The molecule has 0 aliphatic heterocycles. The second-order valence-electron chi connectivity index (χ2n) is 16.4. The van der Waals surface area contributed by atoms with Crippen molar-refractivity contribution in [2.75, 3.05) is 0 Å². The summed E-state index contributed by atoms with van der Waals surface area (Å²) in [5, 5.41) is 0. The van der Waals surface area contributed by atoms with E-state index in [0.29, 0.717) is 34.9 Å². The van der Waals surface area contributed by atoms with E-state index >= 15 is 0 Å². The first-order valence-corrected chi connectivity index (χ1v) is 21.2. The Kier molecular flexibility index (Phi) is 9.39. The highest BCUT2D eigenvalue weighted by Crippen LogP contribution is 2.50. The van der Waals surface area contributed by atoms with Crippen molar-refractivity contribution < 1.29 is 0 Å². The quantitative estimate of drug-likeness (QED) is 0.152. The van der Waals surface area contributed by atoms with Crippen LogP contribution in [0.5, 0.6) is 0 Å². The van der Waals surface area contributed by atoms with Gasteiger partial charge in [-0.15, -0.1) is 0 Å². The summed E-state index contributed by atoms with van der Waals surface area (Å²) < 4.78 is 0. The summed E-state index contributed by atoms with van der Waals surface area (Å²) in [4.78, 5) is 29.5. The Morgan fingerprint density at radius 3 is 0.730 bits per heavy atom. The average Bonchev–Trinajstić information content (AvgIpc) is 3.59. The Hall–Kier alpha value is -8.22. The minimum Gasteiger partial charge on any atom is -0.208 e. The van der Waals surface area contributed by atoms with Gasteiger partial charge in [0.05, 0.1) is 0 Å². The van der Waals surface area contributed by atoms with Crippen molar-refractivity contribution in [3.05, 3.63) is 217 Å². The zero-order valence-electron chi connectivity index (χ0n) is 34.8. The molecular weight excluding hydrogens is 769 g/mol. The van der Waals surface area contributed by atoms with Crippen molar-refractivity contribution in [1.82, 2.24) is 29.9 Å². The second kappa shape index (κ2) is 15.7. The van der Waals surface area contributed by atoms with Crippen molar-refractivity contribution >= 4 is 0 Å². The molecule has 0 atom stereocenters. The molecule has 63 heavy (non-hydrogen) atoms. The number of hydrogen-bond donors (Lipinski definition) is 0. The van der Waals surface area contributed by atoms with Crippen LogP contribution in [0, 0.1) is 0 Å². The Morgan fingerprint density at radius 1 is 0.238 bits per heavy atom. The van der Waals surface area contributed by atoms with Crippen LogP contribution in [0.3, 0.4) is 0 Å². The minimum atomic E-state index is -0.199. The molecular formula is C57H40N6. The van der Waals surface area contributed by atoms with Crippen molar-refractivity contribution in [1.29, 1.82) is 0 Å². The van der Waals surface area contributed by atoms with E-state index in [1.165, 1.54) is 33.4 Å². The smallest absolute Gasteiger partial charge is 0.164 e. The van der Waals surface area contributed by atoms with Gasteiger partial charge in [0.25, 0.3) is 0 Å². The summed E-state index contributed by atoms with van der Waals surface area (Å²) in [7, 11) is 0. The monoisotopic (exact) mass is 808 g/mol. The molecule has 0 radical (unpaired) electrons. The van der Waals surface area contributed by atoms with Crippen molar-refractivity contribution in [2.45, 2.75) is 19.3 Å². The summed E-state index contributed by atoms with van der Waals surface area (Å²) in [6.07, 6.45) is 0. The van der Waals surface area contributed by atoms with Gasteiger partial charge in [0.1, 0.15) is 0 Å². The van der Waals surface area contributed by atoms with E-state index in [9.17, 15) is 0 Å². The normalized spacial score (nSPS) is 12.4. The number of fused-ring (bicyclic) bond motifs is 3. The van der Waals surface area contributed by atoms with E-state index in [1.54, 1.807) is 0 Å². The SMILES string of the molecule is CC1(C)c2cc(-c3ccc(-c4nc(-c5ccccc5)nc(-c5ccccc5)n4)cc3)ccc2-c2ccc(-c3ccc(-c4nc(-c5ccccc5)nc(-c5ccccc5)n4)cc3)cc21. The topological polar surface area (TPSA) is 77.3 Å². The molecule has 6 nitrogen and oxygen atoms in total. The fourth-order valence-electron chi connectivity index (χ4n) is 8.60. The number of benzene rings is 8. The molecule has 0 fully saturated rings. The number of hydrogen-bond acceptors (Lipinski definition) is 6. The minimum absolute atomic E-state index is 0.199. The lowest BCUT2D eigenvalue weighted by molar-refractivity contribution is 0.661. The lowest BCUT2D eigenvalue weighted by Crippen LogP contribution is -2.15. The molecule has 0 saturated heterocycles. The second-order valence-corrected chi connectivity index (χ2v) is 16.4. The predicted octanol–water partition coefficient (Wildman–Crippen LogP) is 13.7. The maximum absolute atomic E-state index is 4.94. The maximum atomic E-state index is 4.94. The van der Waals surface area contributed by atoms with Crippen LogP contribution >= 0.6 is 0 Å². The molecule has 0 saturated carbocycles. The van der Waals surface area contributed by atoms with E-state index in [0.717, 1.165) is 44.5 Å². The van der Waals surface area contributed by atoms with Crippen molar-refractivity contribution in [3.8, 4) is 102 Å². The summed E-state index contributed by atoms with van der Waals surface area (Å²) in [6.45, 7) is 4.67. The Bertz CT molecular complexity index is 2920. The van der Waals surface area contributed by atoms with Gasteiger partial charge in [-0.2, -0.15) is 0 Å². The third-order valence-corrected chi connectivity index (χ3v) is 12.0. The molecule has 1 aliphatic rings. The van der Waals surface area contributed by atoms with Crippen molar-refractivity contribution in [3.63, 3.8) is 0 Å². The first kappa shape index (κ1) is 37.8. The fourth-order valence-corrected chi connectivity index (χ4v) is 8.60. The number of aromatic nitrogens is 6. The number of nitrogens with zero attached hydrogens (tertiary/aromatic N) is 6. The lowest BCUT2D eigenvalue weighted by Gasteiger charge is -2.22. The molecule has 11 rings (SSSR count). The Morgan fingerprint density at radius 2 is 0.460 bits per heavy atom. The zero-order valence-corrected chi connectivity index (χ0v) is 34.8. The van der Waals surface area contributed by atoms with Crippen LogP contribution in [-0.4, -0.2) is 29.9 Å². The summed E-state index contributed by atoms with van der Waals surface area (Å²) in [5.41, 5.74) is 15.3. The van der Waals surface area contributed by atoms with Gasteiger partial charge >= 0.3 is 0 Å². The summed E-state index contributed by atoms with van der Waals surface area (Å²) >= 11 is 0. The Balaban J connectivity index is 0.875. The van der Waals surface area contributed by atoms with Crippen LogP contribution in [0.1, 0.15) is 25.0 Å². The predicted molar refractivity (Wildman–Crippen MR) is 254 cm³/mol. The van der Waals surface area contributed by atoms with Crippen molar-refractivity contribution in [2.24, 2.45) is 0 Å². The highest BCUT2D eigenvalue weighted by molar-refractivity contribution is 5.86. The van der Waals surface area contributed by atoms with E-state index in [1.807, 2.05) is 121 Å². The van der Waals surface area contributed by atoms with Gasteiger partial charge in [-0.05, 0) is 56.6 Å². The van der Waals surface area contributed by atoms with E-state index in [-0.39, 0.29) is 5.41 Å². The Labute approximate surface area is 366 Å². The van der Waals surface area contributed by atoms with Gasteiger partial charge in [-0.25, -0.2) is 29.9 Å². The molecule has 2 heterocycles. The molecule has 8 aromatic carbocycles. The van der Waals surface area contributed by atoms with Crippen LogP contribution < -0.4 is 0 Å². The highest BCUT2D eigenvalue weighted by atomic mass is 15.0. The molecule has 0 spiro atoms. The van der Waals surface area contributed by atoms with Gasteiger partial charge in [0, 0.05) is 38.8 Å². The zero-order chi connectivity index (χ0) is 42.3. The van der Waals surface area contributed by atoms with E-state index in [2.05, 4.69) is 98.8 Å².